The number of rotatable bonds is 2. The van der Waals surface area contributed by atoms with Crippen LogP contribution in [-0.4, -0.2) is 22.3 Å². The molecule has 2 aliphatic heterocycles. The lowest BCUT2D eigenvalue weighted by Gasteiger charge is -2.20. The molecule has 4 rings (SSSR count). The van der Waals surface area contributed by atoms with Gasteiger partial charge in [0.05, 0.1) is 18.4 Å². The average molecular weight is 289 g/mol. The van der Waals surface area contributed by atoms with E-state index >= 15 is 0 Å². The third-order valence-electron chi connectivity index (χ3n) is 4.26. The van der Waals surface area contributed by atoms with Crippen LogP contribution in [0.15, 0.2) is 41.8 Å². The Balaban J connectivity index is 1.83. The zero-order valence-electron chi connectivity index (χ0n) is 11.1. The van der Waals surface area contributed by atoms with Crippen LogP contribution in [0.3, 0.4) is 0 Å². The maximum atomic E-state index is 12.8. The summed E-state index contributed by atoms with van der Waals surface area (Å²) in [6, 6.07) is 7.99. The number of nitrogens with zero attached hydrogens (tertiary/aromatic N) is 3. The van der Waals surface area contributed by atoms with E-state index in [1.54, 1.807) is 22.1 Å². The second-order valence-corrected chi connectivity index (χ2v) is 7.24. The first-order valence-electron chi connectivity index (χ1n) is 6.69. The molecular formula is C14H15N3O2S. The van der Waals surface area contributed by atoms with Gasteiger partial charge >= 0.3 is 0 Å². The van der Waals surface area contributed by atoms with Gasteiger partial charge in [-0.2, -0.15) is 4.31 Å². The molecule has 2 bridgehead atoms. The zero-order valence-corrected chi connectivity index (χ0v) is 11.9. The van der Waals surface area contributed by atoms with Crippen molar-refractivity contribution in [3.05, 3.63) is 47.9 Å². The van der Waals surface area contributed by atoms with Crippen molar-refractivity contribution in [2.24, 2.45) is 7.05 Å². The minimum atomic E-state index is -3.52. The van der Waals surface area contributed by atoms with E-state index in [9.17, 15) is 8.42 Å². The molecule has 1 aromatic carbocycles. The monoisotopic (exact) mass is 289 g/mol. The van der Waals surface area contributed by atoms with Gasteiger partial charge in [-0.1, -0.05) is 24.3 Å². The predicted octanol–water partition coefficient (Wildman–Crippen LogP) is 2.00. The van der Waals surface area contributed by atoms with E-state index in [1.807, 2.05) is 24.3 Å². The molecule has 0 amide bonds. The molecule has 2 aromatic rings. The molecule has 20 heavy (non-hydrogen) atoms. The van der Waals surface area contributed by atoms with Crippen LogP contribution < -0.4 is 0 Å². The molecular weight excluding hydrogens is 274 g/mol. The van der Waals surface area contributed by atoms with Gasteiger partial charge in [0.15, 0.2) is 5.03 Å². The van der Waals surface area contributed by atoms with Crippen molar-refractivity contribution in [2.75, 3.05) is 0 Å². The number of benzene rings is 1. The van der Waals surface area contributed by atoms with E-state index in [-0.39, 0.29) is 17.1 Å². The Labute approximate surface area is 117 Å². The molecule has 104 valence electrons. The number of sulfonamides is 1. The molecule has 0 radical (unpaired) electrons. The summed E-state index contributed by atoms with van der Waals surface area (Å²) in [6.45, 7) is 0. The van der Waals surface area contributed by atoms with Crippen LogP contribution in [0.5, 0.6) is 0 Å². The second kappa shape index (κ2) is 3.93. The molecule has 1 saturated heterocycles. The molecule has 5 nitrogen and oxygen atoms in total. The topological polar surface area (TPSA) is 55.2 Å². The van der Waals surface area contributed by atoms with E-state index in [2.05, 4.69) is 4.98 Å². The van der Waals surface area contributed by atoms with E-state index in [0.29, 0.717) is 0 Å². The number of aryl methyl sites for hydroxylation is 1. The van der Waals surface area contributed by atoms with Crippen molar-refractivity contribution in [1.82, 2.24) is 13.9 Å². The van der Waals surface area contributed by atoms with Crippen LogP contribution >= 0.6 is 0 Å². The summed E-state index contributed by atoms with van der Waals surface area (Å²) in [5.41, 5.74) is 2.31. The normalized spacial score (nSPS) is 25.1. The largest absolute Gasteiger partial charge is 0.339 e. The third-order valence-corrected chi connectivity index (χ3v) is 6.07. The minimum absolute atomic E-state index is 0.0248. The molecule has 0 saturated carbocycles. The van der Waals surface area contributed by atoms with E-state index < -0.39 is 10.0 Å². The fourth-order valence-corrected chi connectivity index (χ4v) is 5.26. The van der Waals surface area contributed by atoms with Crippen LogP contribution in [0.2, 0.25) is 0 Å². The van der Waals surface area contributed by atoms with E-state index in [4.69, 9.17) is 0 Å². The maximum absolute atomic E-state index is 12.8. The Kier molecular flexibility index (Phi) is 2.38. The zero-order chi connectivity index (χ0) is 13.9. The van der Waals surface area contributed by atoms with Crippen LogP contribution in [0.1, 0.15) is 36.1 Å². The van der Waals surface area contributed by atoms with Gasteiger partial charge in [0.2, 0.25) is 0 Å². The maximum Gasteiger partial charge on any atom is 0.263 e. The van der Waals surface area contributed by atoms with Crippen molar-refractivity contribution >= 4 is 10.0 Å². The van der Waals surface area contributed by atoms with Gasteiger partial charge in [-0.25, -0.2) is 13.4 Å². The summed E-state index contributed by atoms with van der Waals surface area (Å²) >= 11 is 0. The fraction of sp³-hybridized carbons (Fsp3) is 0.357. The van der Waals surface area contributed by atoms with E-state index in [1.165, 1.54) is 6.33 Å². The Morgan fingerprint density at radius 3 is 2.25 bits per heavy atom. The molecule has 0 aliphatic carbocycles. The number of hydrogen-bond donors (Lipinski definition) is 0. The minimum Gasteiger partial charge on any atom is -0.339 e. The van der Waals surface area contributed by atoms with Gasteiger partial charge in [-0.05, 0) is 24.0 Å². The SMILES string of the molecule is Cn1cnc(S(=O)(=O)N2C3CCC2c2ccccc23)c1. The van der Waals surface area contributed by atoms with Crippen molar-refractivity contribution in [2.45, 2.75) is 30.0 Å². The standard InChI is InChI=1S/C14H15N3O2S/c1-16-8-14(15-9-16)20(18,19)17-12-6-7-13(17)11-5-3-2-4-10(11)12/h2-5,8-9,12-13H,6-7H2,1H3. The summed E-state index contributed by atoms with van der Waals surface area (Å²) in [5.74, 6) is 0. The highest BCUT2D eigenvalue weighted by Crippen LogP contribution is 2.55. The predicted molar refractivity (Wildman–Crippen MR) is 73.4 cm³/mol. The van der Waals surface area contributed by atoms with Crippen molar-refractivity contribution in [3.63, 3.8) is 0 Å². The first kappa shape index (κ1) is 12.1. The number of imidazole rings is 1. The molecule has 1 fully saturated rings. The Bertz CT molecular complexity index is 750. The summed E-state index contributed by atoms with van der Waals surface area (Å²) < 4.78 is 29.0. The molecule has 0 N–H and O–H groups in total. The first-order valence-corrected chi connectivity index (χ1v) is 8.13. The van der Waals surface area contributed by atoms with Gasteiger partial charge in [-0.3, -0.25) is 0 Å². The Hall–Kier alpha value is -1.66. The lowest BCUT2D eigenvalue weighted by molar-refractivity contribution is 0.364. The van der Waals surface area contributed by atoms with Crippen molar-refractivity contribution in [1.29, 1.82) is 0 Å². The number of hydrogen-bond acceptors (Lipinski definition) is 3. The molecule has 2 aliphatic rings. The van der Waals surface area contributed by atoms with Gasteiger partial charge in [0.25, 0.3) is 10.0 Å². The van der Waals surface area contributed by atoms with Crippen molar-refractivity contribution < 1.29 is 8.42 Å². The van der Waals surface area contributed by atoms with Crippen LogP contribution in [0, 0.1) is 0 Å². The quantitative estimate of drug-likeness (QED) is 0.849. The lowest BCUT2D eigenvalue weighted by Crippen LogP contribution is -2.28. The van der Waals surface area contributed by atoms with Gasteiger partial charge < -0.3 is 4.57 Å². The second-order valence-electron chi connectivity index (χ2n) is 5.45. The molecule has 0 spiro atoms. The highest BCUT2D eigenvalue weighted by molar-refractivity contribution is 7.89. The van der Waals surface area contributed by atoms with Crippen molar-refractivity contribution in [3.8, 4) is 0 Å². The summed E-state index contributed by atoms with van der Waals surface area (Å²) in [4.78, 5) is 4.02. The molecule has 1 aromatic heterocycles. The van der Waals surface area contributed by atoms with E-state index in [0.717, 1.165) is 24.0 Å². The molecule has 2 unspecified atom stereocenters. The van der Waals surface area contributed by atoms with Gasteiger partial charge in [-0.15, -0.1) is 0 Å². The Morgan fingerprint density at radius 2 is 1.75 bits per heavy atom. The Morgan fingerprint density at radius 1 is 1.15 bits per heavy atom. The first-order chi connectivity index (χ1) is 9.59. The highest BCUT2D eigenvalue weighted by atomic mass is 32.2. The summed E-state index contributed by atoms with van der Waals surface area (Å²) in [5, 5.41) is 0.143. The number of fused-ring (bicyclic) bond motifs is 5. The van der Waals surface area contributed by atoms with Gasteiger partial charge in [0.1, 0.15) is 0 Å². The smallest absolute Gasteiger partial charge is 0.263 e. The molecule has 3 heterocycles. The summed E-state index contributed by atoms with van der Waals surface area (Å²) in [6.07, 6.45) is 4.89. The number of aromatic nitrogens is 2. The molecule has 2 atom stereocenters. The van der Waals surface area contributed by atoms with Crippen LogP contribution in [0.4, 0.5) is 0 Å². The molecule has 6 heteroatoms. The highest BCUT2D eigenvalue weighted by Gasteiger charge is 2.50. The van der Waals surface area contributed by atoms with Crippen LogP contribution in [-0.2, 0) is 17.1 Å². The van der Waals surface area contributed by atoms with Crippen LogP contribution in [0.25, 0.3) is 0 Å². The summed E-state index contributed by atoms with van der Waals surface area (Å²) in [7, 11) is -1.74. The average Bonchev–Trinajstić information content (AvgIpc) is 3.12. The lowest BCUT2D eigenvalue weighted by atomic mass is 9.92. The van der Waals surface area contributed by atoms with Gasteiger partial charge in [0, 0.05) is 13.2 Å². The fourth-order valence-electron chi connectivity index (χ4n) is 3.46. The third kappa shape index (κ3) is 1.46.